The van der Waals surface area contributed by atoms with E-state index in [0.717, 1.165) is 35.8 Å². The highest BCUT2D eigenvalue weighted by Gasteiger charge is 2.49. The fourth-order valence-electron chi connectivity index (χ4n) is 3.91. The number of halogens is 1. The van der Waals surface area contributed by atoms with Crippen LogP contribution in [0.5, 0.6) is 0 Å². The second-order valence-corrected chi connectivity index (χ2v) is 10.7. The van der Waals surface area contributed by atoms with E-state index < -0.39 is 11.5 Å². The molecule has 0 radical (unpaired) electrons. The van der Waals surface area contributed by atoms with E-state index in [4.69, 9.17) is 9.83 Å². The van der Waals surface area contributed by atoms with E-state index in [1.54, 1.807) is 42.2 Å². The first kappa shape index (κ1) is 19.5. The molecule has 3 aromatic heterocycles. The Bertz CT molecular complexity index is 1290. The minimum atomic E-state index is -0.768. The molecular formula is C21H17BrN4O2S2. The van der Waals surface area contributed by atoms with Gasteiger partial charge in [-0.15, -0.1) is 22.7 Å². The number of aromatic nitrogens is 1. The summed E-state index contributed by atoms with van der Waals surface area (Å²) in [5.74, 6) is -0.517. The van der Waals surface area contributed by atoms with Gasteiger partial charge in [0.1, 0.15) is 10.6 Å². The summed E-state index contributed by atoms with van der Waals surface area (Å²) in [6.45, 7) is 1.99. The van der Waals surface area contributed by atoms with E-state index in [1.165, 1.54) is 4.90 Å². The number of hydrogen-bond donors (Lipinski definition) is 2. The number of thiophene rings is 1. The number of benzene rings is 1. The van der Waals surface area contributed by atoms with Crippen LogP contribution in [0.4, 0.5) is 0 Å². The third-order valence-corrected chi connectivity index (χ3v) is 8.21. The first-order valence-electron chi connectivity index (χ1n) is 9.19. The van der Waals surface area contributed by atoms with Crippen LogP contribution in [0.3, 0.4) is 0 Å². The highest BCUT2D eigenvalue weighted by atomic mass is 79.9. The lowest BCUT2D eigenvalue weighted by Crippen LogP contribution is -2.62. The summed E-state index contributed by atoms with van der Waals surface area (Å²) in [5, 5.41) is 15.5. The third kappa shape index (κ3) is 3.00. The van der Waals surface area contributed by atoms with Gasteiger partial charge < -0.3 is 9.73 Å². The van der Waals surface area contributed by atoms with Crippen LogP contribution in [-0.4, -0.2) is 28.8 Å². The Hall–Kier alpha value is -2.49. The van der Waals surface area contributed by atoms with E-state index in [0.29, 0.717) is 0 Å². The van der Waals surface area contributed by atoms with E-state index in [2.05, 4.69) is 37.7 Å². The number of hydrogen-bond acceptors (Lipinski definition) is 6. The van der Waals surface area contributed by atoms with Crippen molar-refractivity contribution in [2.45, 2.75) is 18.4 Å². The minimum Gasteiger partial charge on any atom is -0.464 e. The highest BCUT2D eigenvalue weighted by Crippen LogP contribution is 2.45. The normalized spacial score (nSPS) is 22.0. The topological polar surface area (TPSA) is 82.2 Å². The minimum absolute atomic E-state index is 0.0927. The summed E-state index contributed by atoms with van der Waals surface area (Å²) in [7, 11) is 1.63. The molecule has 0 bridgehead atoms. The Labute approximate surface area is 189 Å². The molecule has 1 saturated heterocycles. The van der Waals surface area contributed by atoms with Crippen molar-refractivity contribution in [3.05, 3.63) is 62.4 Å². The number of guanidine groups is 1. The van der Waals surface area contributed by atoms with Crippen molar-refractivity contribution in [3.8, 4) is 10.6 Å². The van der Waals surface area contributed by atoms with Crippen LogP contribution in [0, 0.1) is 5.41 Å². The van der Waals surface area contributed by atoms with Crippen LogP contribution in [0.2, 0.25) is 0 Å². The zero-order chi connectivity index (χ0) is 21.0. The Kier molecular flexibility index (Phi) is 4.57. The van der Waals surface area contributed by atoms with E-state index in [1.807, 2.05) is 31.2 Å². The first-order chi connectivity index (χ1) is 14.4. The maximum absolute atomic E-state index is 13.4. The molecule has 0 spiro atoms. The zero-order valence-electron chi connectivity index (χ0n) is 16.1. The van der Waals surface area contributed by atoms with Crippen molar-refractivity contribution >= 4 is 61.4 Å². The molecule has 1 amide bonds. The van der Waals surface area contributed by atoms with E-state index in [9.17, 15) is 4.79 Å². The average Bonchev–Trinajstić information content (AvgIpc) is 3.46. The summed E-state index contributed by atoms with van der Waals surface area (Å²) in [6, 6.07) is 9.79. The number of nitrogens with zero attached hydrogens (tertiary/aromatic N) is 2. The fourth-order valence-corrected chi connectivity index (χ4v) is 6.22. The first-order valence-corrected chi connectivity index (χ1v) is 11.7. The Morgan fingerprint density at radius 3 is 2.93 bits per heavy atom. The van der Waals surface area contributed by atoms with Crippen LogP contribution in [0.15, 0.2) is 56.4 Å². The summed E-state index contributed by atoms with van der Waals surface area (Å²) in [4.78, 5) is 20.2. The molecule has 1 fully saturated rings. The number of fused-ring (bicyclic) bond motifs is 1. The van der Waals surface area contributed by atoms with Gasteiger partial charge in [0.05, 0.1) is 27.7 Å². The van der Waals surface area contributed by atoms with Crippen LogP contribution in [-0.2, 0) is 10.3 Å². The second kappa shape index (κ2) is 7.04. The maximum Gasteiger partial charge on any atom is 0.239 e. The van der Waals surface area contributed by atoms with Crippen LogP contribution in [0.25, 0.3) is 21.5 Å². The van der Waals surface area contributed by atoms with E-state index >= 15 is 0 Å². The molecular weight excluding hydrogens is 484 g/mol. The van der Waals surface area contributed by atoms with Crippen molar-refractivity contribution in [1.29, 1.82) is 5.41 Å². The van der Waals surface area contributed by atoms with Gasteiger partial charge in [-0.1, -0.05) is 6.07 Å². The van der Waals surface area contributed by atoms with Gasteiger partial charge in [0.25, 0.3) is 0 Å². The molecule has 2 atom stereocenters. The van der Waals surface area contributed by atoms with Crippen LogP contribution in [0.1, 0.15) is 23.3 Å². The highest BCUT2D eigenvalue weighted by molar-refractivity contribution is 9.11. The summed E-state index contributed by atoms with van der Waals surface area (Å²) in [5.41, 5.74) is 1.91. The van der Waals surface area contributed by atoms with E-state index in [-0.39, 0.29) is 11.9 Å². The Morgan fingerprint density at radius 1 is 1.33 bits per heavy atom. The Balaban J connectivity index is 1.63. The molecule has 1 aliphatic heterocycles. The standard InChI is InChI=1S/C21H17BrN4O2S2/c1-21(15-8-13(10-29-15)18-24-9-16(22)30-18)17(19(27)26(2)20(23)25-21)12-3-4-14-11(7-12)5-6-28-14/h3-10,17H,1-2H3,(H2,23,25)/t17?,21-/m1/s1. The van der Waals surface area contributed by atoms with Crippen molar-refractivity contribution in [1.82, 2.24) is 15.2 Å². The molecule has 2 N–H and O–H groups in total. The average molecular weight is 501 g/mol. The third-order valence-electron chi connectivity index (χ3n) is 5.51. The fraction of sp³-hybridized carbons (Fsp3) is 0.190. The predicted octanol–water partition coefficient (Wildman–Crippen LogP) is 5.38. The quantitative estimate of drug-likeness (QED) is 0.395. The molecule has 5 rings (SSSR count). The largest absolute Gasteiger partial charge is 0.464 e. The number of furan rings is 1. The van der Waals surface area contributed by atoms with Crippen molar-refractivity contribution in [2.75, 3.05) is 7.05 Å². The lowest BCUT2D eigenvalue weighted by molar-refractivity contribution is -0.131. The van der Waals surface area contributed by atoms with Gasteiger partial charge >= 0.3 is 0 Å². The summed E-state index contributed by atoms with van der Waals surface area (Å²) >= 11 is 6.60. The lowest BCUT2D eigenvalue weighted by Gasteiger charge is -2.45. The SMILES string of the molecule is CN1C(=N)N[C@](C)(c2cc(-c3ncc(Br)s3)cs2)C(c2ccc3occc3c2)C1=O. The number of carbonyl (C=O) groups is 1. The van der Waals surface area contributed by atoms with Crippen LogP contribution < -0.4 is 5.32 Å². The molecule has 1 aliphatic rings. The van der Waals surface area contributed by atoms with Gasteiger partial charge in [0, 0.05) is 28.3 Å². The second-order valence-electron chi connectivity index (χ2n) is 7.39. The molecule has 30 heavy (non-hydrogen) atoms. The Morgan fingerprint density at radius 2 is 2.17 bits per heavy atom. The summed E-state index contributed by atoms with van der Waals surface area (Å²) < 4.78 is 6.43. The predicted molar refractivity (Wildman–Crippen MR) is 123 cm³/mol. The lowest BCUT2D eigenvalue weighted by atomic mass is 9.76. The zero-order valence-corrected chi connectivity index (χ0v) is 19.3. The number of amides is 1. The molecule has 9 heteroatoms. The maximum atomic E-state index is 13.4. The molecule has 4 heterocycles. The number of likely N-dealkylation sites (N-methyl/N-ethyl adjacent to an activating group) is 1. The number of thiazole rings is 1. The molecule has 6 nitrogen and oxygen atoms in total. The van der Waals surface area contributed by atoms with Gasteiger partial charge in [-0.2, -0.15) is 0 Å². The molecule has 1 aromatic carbocycles. The number of rotatable bonds is 3. The van der Waals surface area contributed by atoms with Gasteiger partial charge in [0.2, 0.25) is 5.91 Å². The van der Waals surface area contributed by atoms with Crippen LogP contribution >= 0.6 is 38.6 Å². The monoisotopic (exact) mass is 500 g/mol. The molecule has 152 valence electrons. The number of nitrogens with one attached hydrogen (secondary N) is 2. The molecule has 0 aliphatic carbocycles. The van der Waals surface area contributed by atoms with Crippen molar-refractivity contribution in [2.24, 2.45) is 0 Å². The van der Waals surface area contributed by atoms with Gasteiger partial charge in [0.15, 0.2) is 5.96 Å². The van der Waals surface area contributed by atoms with Gasteiger partial charge in [-0.05, 0) is 52.7 Å². The molecule has 1 unspecified atom stereocenters. The smallest absolute Gasteiger partial charge is 0.239 e. The van der Waals surface area contributed by atoms with Crippen molar-refractivity contribution < 1.29 is 9.21 Å². The molecule has 4 aromatic rings. The molecule has 0 saturated carbocycles. The number of carbonyl (C=O) groups excluding carboxylic acids is 1. The summed E-state index contributed by atoms with van der Waals surface area (Å²) in [6.07, 6.45) is 3.43. The van der Waals surface area contributed by atoms with Gasteiger partial charge in [-0.25, -0.2) is 4.98 Å². The van der Waals surface area contributed by atoms with Crippen molar-refractivity contribution in [3.63, 3.8) is 0 Å². The van der Waals surface area contributed by atoms with Gasteiger partial charge in [-0.3, -0.25) is 15.1 Å².